The number of nitrogens with one attached hydrogen (secondary N) is 3. The van der Waals surface area contributed by atoms with Gasteiger partial charge in [-0.2, -0.15) is 0 Å². The molecule has 1 heterocycles. The van der Waals surface area contributed by atoms with Crippen molar-refractivity contribution in [3.63, 3.8) is 0 Å². The summed E-state index contributed by atoms with van der Waals surface area (Å²) in [6.45, 7) is 0.475. The molecule has 2 aromatic carbocycles. The van der Waals surface area contributed by atoms with Crippen LogP contribution in [0, 0.1) is 0 Å². The predicted octanol–water partition coefficient (Wildman–Crippen LogP) is 1.55. The van der Waals surface area contributed by atoms with Gasteiger partial charge in [0.25, 0.3) is 0 Å². The van der Waals surface area contributed by atoms with E-state index in [9.17, 15) is 19.5 Å². The summed E-state index contributed by atoms with van der Waals surface area (Å²) in [7, 11) is 0. The van der Waals surface area contributed by atoms with E-state index < -0.39 is 17.9 Å². The van der Waals surface area contributed by atoms with Gasteiger partial charge in [0.05, 0.1) is 19.0 Å². The number of hydrogen-bond donors (Lipinski definition) is 4. The molecule has 10 heteroatoms. The molecule has 0 radical (unpaired) electrons. The molecule has 0 saturated heterocycles. The molecule has 0 spiro atoms. The molecular formula is C27H30ClN4NaO4. The fourth-order valence-corrected chi connectivity index (χ4v) is 3.71. The molecule has 2 amide bonds. The number of carbonyl (C=O) groups is 3. The smallest absolute Gasteiger partial charge is 1.00 e. The van der Waals surface area contributed by atoms with Crippen molar-refractivity contribution in [2.75, 3.05) is 18.4 Å². The van der Waals surface area contributed by atoms with Crippen LogP contribution in [-0.4, -0.2) is 41.0 Å². The third kappa shape index (κ3) is 10.9. The molecule has 0 bridgehead atoms. The number of unbranched alkanes of at least 4 members (excludes halogenated alkanes) is 1. The summed E-state index contributed by atoms with van der Waals surface area (Å²) in [4.78, 5) is 40.0. The zero-order valence-corrected chi connectivity index (χ0v) is 23.5. The van der Waals surface area contributed by atoms with Gasteiger partial charge in [0.1, 0.15) is 5.82 Å². The summed E-state index contributed by atoms with van der Waals surface area (Å²) < 4.78 is 0. The number of hydrogen-bond acceptors (Lipinski definition) is 5. The standard InChI is InChI=1S/C27H29ClN4O4.Na.H/c28-22-13-11-20(12-14-22)19-7-9-21(10-8-19)23(17-27(35)36)32-26(34)18-31-25(33)6-2-4-16-30-24-5-1-3-15-29-24;;/h1,3,5,7-15,23H,2,4,6,16-18H2,(H,29,30)(H,31,33)(H,32,34)(H,35,36);;/q;+1;-1. The average Bonchev–Trinajstić information content (AvgIpc) is 2.88. The summed E-state index contributed by atoms with van der Waals surface area (Å²) in [5, 5.41) is 18.4. The van der Waals surface area contributed by atoms with E-state index in [0.29, 0.717) is 30.0 Å². The van der Waals surface area contributed by atoms with E-state index in [4.69, 9.17) is 11.6 Å². The number of rotatable bonds is 13. The molecule has 4 N–H and O–H groups in total. The van der Waals surface area contributed by atoms with E-state index in [1.807, 2.05) is 42.5 Å². The second kappa shape index (κ2) is 16.0. The van der Waals surface area contributed by atoms with Gasteiger partial charge in [0.2, 0.25) is 11.8 Å². The number of carboxylic acids is 1. The van der Waals surface area contributed by atoms with Crippen LogP contribution >= 0.6 is 11.6 Å². The topological polar surface area (TPSA) is 120 Å². The van der Waals surface area contributed by atoms with E-state index in [1.54, 1.807) is 30.5 Å². The van der Waals surface area contributed by atoms with Crippen molar-refractivity contribution < 1.29 is 50.5 Å². The van der Waals surface area contributed by atoms with Gasteiger partial charge in [-0.05, 0) is 53.8 Å². The fraction of sp³-hybridized carbons (Fsp3) is 0.259. The van der Waals surface area contributed by atoms with E-state index in [-0.39, 0.29) is 49.9 Å². The monoisotopic (exact) mass is 532 g/mol. The molecule has 1 atom stereocenters. The molecule has 0 saturated carbocycles. The Bertz CT molecular complexity index is 1150. The number of carboxylic acid groups (broad SMARTS) is 1. The van der Waals surface area contributed by atoms with Crippen LogP contribution in [0.4, 0.5) is 5.82 Å². The van der Waals surface area contributed by atoms with Gasteiger partial charge >= 0.3 is 35.5 Å². The van der Waals surface area contributed by atoms with E-state index >= 15 is 0 Å². The predicted molar refractivity (Wildman–Crippen MR) is 141 cm³/mol. The van der Waals surface area contributed by atoms with Gasteiger partial charge in [-0.1, -0.05) is 54.1 Å². The fourth-order valence-electron chi connectivity index (χ4n) is 3.58. The van der Waals surface area contributed by atoms with Crippen molar-refractivity contribution in [1.29, 1.82) is 0 Å². The number of anilines is 1. The van der Waals surface area contributed by atoms with Crippen LogP contribution in [-0.2, 0) is 14.4 Å². The molecule has 37 heavy (non-hydrogen) atoms. The van der Waals surface area contributed by atoms with Crippen LogP contribution in [0.1, 0.15) is 38.7 Å². The maximum absolute atomic E-state index is 12.4. The molecule has 3 rings (SSSR count). The summed E-state index contributed by atoms with van der Waals surface area (Å²) in [6, 6.07) is 19.6. The summed E-state index contributed by atoms with van der Waals surface area (Å²) in [5.41, 5.74) is 2.58. The minimum atomic E-state index is -1.04. The SMILES string of the molecule is O=C(O)CC(NC(=O)CNC(=O)CCCCNc1ccccn1)c1ccc(-c2ccc(Cl)cc2)cc1.[H-].[Na+]. The Kier molecular flexibility index (Phi) is 13.1. The number of amides is 2. The van der Waals surface area contributed by atoms with Gasteiger partial charge in [-0.15, -0.1) is 0 Å². The van der Waals surface area contributed by atoms with Crippen molar-refractivity contribution in [2.24, 2.45) is 0 Å². The van der Waals surface area contributed by atoms with Crippen molar-refractivity contribution in [3.05, 3.63) is 83.5 Å². The van der Waals surface area contributed by atoms with E-state index in [1.165, 1.54) is 0 Å². The number of aromatic nitrogens is 1. The quantitative estimate of drug-likeness (QED) is 0.196. The molecular weight excluding hydrogens is 503 g/mol. The van der Waals surface area contributed by atoms with E-state index in [0.717, 1.165) is 23.4 Å². The molecule has 1 aromatic heterocycles. The maximum atomic E-state index is 12.4. The van der Waals surface area contributed by atoms with Gasteiger partial charge in [-0.25, -0.2) is 4.98 Å². The number of nitrogens with zero attached hydrogens (tertiary/aromatic N) is 1. The maximum Gasteiger partial charge on any atom is 1.00 e. The zero-order valence-electron chi connectivity index (χ0n) is 21.7. The van der Waals surface area contributed by atoms with Gasteiger partial charge in [0.15, 0.2) is 0 Å². The largest absolute Gasteiger partial charge is 1.00 e. The Labute approximate surface area is 245 Å². The zero-order chi connectivity index (χ0) is 25.8. The molecule has 8 nitrogen and oxygen atoms in total. The van der Waals surface area contributed by atoms with E-state index in [2.05, 4.69) is 20.9 Å². The number of pyridine rings is 1. The Morgan fingerprint density at radius 1 is 0.919 bits per heavy atom. The second-order valence-corrected chi connectivity index (χ2v) is 8.66. The molecule has 1 unspecified atom stereocenters. The summed E-state index contributed by atoms with van der Waals surface area (Å²) in [6.07, 6.45) is 3.17. The van der Waals surface area contributed by atoms with Crippen molar-refractivity contribution in [1.82, 2.24) is 15.6 Å². The molecule has 0 aliphatic carbocycles. The second-order valence-electron chi connectivity index (χ2n) is 8.22. The molecule has 0 aliphatic heterocycles. The number of aliphatic carboxylic acids is 1. The third-order valence-electron chi connectivity index (χ3n) is 5.45. The van der Waals surface area contributed by atoms with Crippen LogP contribution in [0.15, 0.2) is 72.9 Å². The third-order valence-corrected chi connectivity index (χ3v) is 5.70. The summed E-state index contributed by atoms with van der Waals surface area (Å²) >= 11 is 5.94. The molecule has 0 fully saturated rings. The Morgan fingerprint density at radius 2 is 1.59 bits per heavy atom. The number of benzene rings is 2. The van der Waals surface area contributed by atoms with Crippen LogP contribution in [0.25, 0.3) is 11.1 Å². The van der Waals surface area contributed by atoms with Crippen molar-refractivity contribution in [3.8, 4) is 11.1 Å². The van der Waals surface area contributed by atoms with Crippen LogP contribution in [0.3, 0.4) is 0 Å². The van der Waals surface area contributed by atoms with Crippen LogP contribution < -0.4 is 45.5 Å². The normalized spacial score (nSPS) is 11.1. The molecule has 3 aromatic rings. The first-order valence-corrected chi connectivity index (χ1v) is 12.1. The van der Waals surface area contributed by atoms with Crippen molar-refractivity contribution >= 4 is 35.2 Å². The first kappa shape index (κ1) is 30.3. The Hall–Kier alpha value is -2.91. The van der Waals surface area contributed by atoms with Crippen LogP contribution in [0.2, 0.25) is 5.02 Å². The van der Waals surface area contributed by atoms with Crippen LogP contribution in [0.5, 0.6) is 0 Å². The van der Waals surface area contributed by atoms with Gasteiger partial charge in [0, 0.05) is 24.2 Å². The first-order valence-electron chi connectivity index (χ1n) is 11.7. The van der Waals surface area contributed by atoms with Gasteiger partial charge < -0.3 is 22.5 Å². The molecule has 0 aliphatic rings. The Morgan fingerprint density at radius 3 is 2.22 bits per heavy atom. The minimum Gasteiger partial charge on any atom is -1.00 e. The average molecular weight is 533 g/mol. The number of halogens is 1. The minimum absolute atomic E-state index is 0. The van der Waals surface area contributed by atoms with Crippen molar-refractivity contribution in [2.45, 2.75) is 31.7 Å². The first-order chi connectivity index (χ1) is 17.4. The molecule has 190 valence electrons. The Balaban J connectivity index is 0.00000361. The van der Waals surface area contributed by atoms with Gasteiger partial charge in [-0.3, -0.25) is 14.4 Å². The summed E-state index contributed by atoms with van der Waals surface area (Å²) in [5.74, 6) is -0.933. The number of carbonyl (C=O) groups excluding carboxylic acids is 2.